The van der Waals surface area contributed by atoms with E-state index < -0.39 is 97.5 Å². The van der Waals surface area contributed by atoms with Crippen LogP contribution in [0.5, 0.6) is 0 Å². The molecule has 0 bridgehead atoms. The predicted octanol–water partition coefficient (Wildman–Crippen LogP) is 21.7. The molecule has 0 rings (SSSR count). The Morgan fingerprint density at radius 3 is 0.853 bits per heavy atom. The molecule has 0 amide bonds. The molecule has 95 heavy (non-hydrogen) atoms. The van der Waals surface area contributed by atoms with Gasteiger partial charge in [-0.05, 0) is 69.1 Å². The van der Waals surface area contributed by atoms with Crippen LogP contribution in [0.3, 0.4) is 0 Å². The number of aliphatic hydroxyl groups is 1. The van der Waals surface area contributed by atoms with Crippen LogP contribution in [-0.2, 0) is 65.4 Å². The van der Waals surface area contributed by atoms with Crippen LogP contribution in [0, 0.1) is 17.8 Å². The van der Waals surface area contributed by atoms with Crippen LogP contribution in [0.25, 0.3) is 0 Å². The monoisotopic (exact) mass is 1390 g/mol. The number of rotatable bonds is 72. The second-order valence-corrected chi connectivity index (χ2v) is 31.0. The SMILES string of the molecule is CCCCCC/C=C\C=C/CCCCCCCC(=O)O[C@H](COC(=O)CCCCCCCCCCCCCC(C)C)COP(=O)(O)OC[C@@H](O)COP(=O)(O)OC[C@@H](COC(=O)CCCCCCCCCCCCC(C)C)OC(=O)CCCCCCCCCCCCC(C)C. The Balaban J connectivity index is 5.31. The summed E-state index contributed by atoms with van der Waals surface area (Å²) < 4.78 is 68.5. The Morgan fingerprint density at radius 2 is 0.568 bits per heavy atom. The number of esters is 4. The van der Waals surface area contributed by atoms with Gasteiger partial charge in [0.1, 0.15) is 19.3 Å². The van der Waals surface area contributed by atoms with Gasteiger partial charge in [-0.25, -0.2) is 9.13 Å². The number of unbranched alkanes of at least 4 members (excludes halogenated alkanes) is 37. The molecule has 5 atom stereocenters. The molecule has 0 aliphatic carbocycles. The number of phosphoric ester groups is 2. The lowest BCUT2D eigenvalue weighted by Gasteiger charge is -2.21. The maximum Gasteiger partial charge on any atom is 0.472 e. The lowest BCUT2D eigenvalue weighted by molar-refractivity contribution is -0.161. The zero-order valence-corrected chi connectivity index (χ0v) is 63.4. The smallest absolute Gasteiger partial charge is 0.462 e. The molecular weight excluding hydrogens is 1250 g/mol. The first-order chi connectivity index (χ1) is 45.7. The standard InChI is InChI=1S/C76H144O17P2/c1-8-9-10-11-12-13-14-15-16-17-20-31-38-45-52-59-75(80)92-71(63-86-73(78)57-50-43-36-29-21-18-19-26-33-40-47-54-67(2)3)65-90-94(82,83)88-61-70(77)62-89-95(84,85)91-66-72(93-76(81)60-53-46-39-32-25-23-28-35-42-49-56-69(6)7)64-87-74(79)58-51-44-37-30-24-22-27-34-41-48-55-68(4)5/h13-16,67-72,77H,8-12,17-66H2,1-7H3,(H,82,83)(H,84,85)/b14-13-,16-15-/t70-,71-,72-/m1/s1. The van der Waals surface area contributed by atoms with Crippen molar-refractivity contribution in [3.05, 3.63) is 24.3 Å². The van der Waals surface area contributed by atoms with Crippen molar-refractivity contribution in [3.63, 3.8) is 0 Å². The number of carbonyl (C=O) groups is 4. The van der Waals surface area contributed by atoms with E-state index in [-0.39, 0.29) is 25.7 Å². The summed E-state index contributed by atoms with van der Waals surface area (Å²) in [6.07, 6.45) is 54.8. The van der Waals surface area contributed by atoms with Crippen molar-refractivity contribution >= 4 is 39.5 Å². The molecular formula is C76H144O17P2. The molecule has 560 valence electrons. The minimum Gasteiger partial charge on any atom is -0.462 e. The molecule has 0 saturated heterocycles. The number of aliphatic hydroxyl groups excluding tert-OH is 1. The van der Waals surface area contributed by atoms with Gasteiger partial charge < -0.3 is 33.8 Å². The molecule has 0 spiro atoms. The molecule has 0 radical (unpaired) electrons. The molecule has 19 heteroatoms. The van der Waals surface area contributed by atoms with Gasteiger partial charge in [0.2, 0.25) is 0 Å². The highest BCUT2D eigenvalue weighted by Gasteiger charge is 2.30. The fraction of sp³-hybridized carbons (Fsp3) is 0.895. The Hall–Kier alpha value is -2.46. The van der Waals surface area contributed by atoms with Gasteiger partial charge in [-0.2, -0.15) is 0 Å². The highest BCUT2D eigenvalue weighted by molar-refractivity contribution is 7.47. The van der Waals surface area contributed by atoms with Crippen molar-refractivity contribution in [1.29, 1.82) is 0 Å². The van der Waals surface area contributed by atoms with Crippen molar-refractivity contribution in [2.45, 2.75) is 381 Å². The first kappa shape index (κ1) is 92.5. The van der Waals surface area contributed by atoms with Gasteiger partial charge in [0.05, 0.1) is 26.4 Å². The summed E-state index contributed by atoms with van der Waals surface area (Å²) in [5.41, 5.74) is 0. The summed E-state index contributed by atoms with van der Waals surface area (Å²) in [6.45, 7) is 11.8. The third-order valence-electron chi connectivity index (χ3n) is 17.0. The average Bonchev–Trinajstić information content (AvgIpc) is 3.69. The zero-order valence-electron chi connectivity index (χ0n) is 61.6. The van der Waals surface area contributed by atoms with E-state index in [0.29, 0.717) is 25.7 Å². The molecule has 2 unspecified atom stereocenters. The normalized spacial score (nSPS) is 14.2. The summed E-state index contributed by atoms with van der Waals surface area (Å²) >= 11 is 0. The van der Waals surface area contributed by atoms with Gasteiger partial charge in [-0.1, -0.05) is 310 Å². The number of allylic oxidation sites excluding steroid dienone is 4. The number of phosphoric acid groups is 2. The topological polar surface area (TPSA) is 237 Å². The van der Waals surface area contributed by atoms with E-state index in [4.69, 9.17) is 37.0 Å². The van der Waals surface area contributed by atoms with Crippen LogP contribution in [-0.4, -0.2) is 96.7 Å². The molecule has 0 aromatic carbocycles. The average molecular weight is 1390 g/mol. The zero-order chi connectivity index (χ0) is 70.1. The molecule has 0 heterocycles. The van der Waals surface area contributed by atoms with Crippen LogP contribution in [0.1, 0.15) is 363 Å². The molecule has 3 N–H and O–H groups in total. The van der Waals surface area contributed by atoms with Gasteiger partial charge in [-0.3, -0.25) is 37.3 Å². The van der Waals surface area contributed by atoms with Gasteiger partial charge in [0.15, 0.2) is 12.2 Å². The molecule has 0 aliphatic heterocycles. The Morgan fingerprint density at radius 1 is 0.326 bits per heavy atom. The Labute approximate surface area is 580 Å². The molecule has 0 aromatic rings. The van der Waals surface area contributed by atoms with Crippen molar-refractivity contribution in [3.8, 4) is 0 Å². The molecule has 0 aromatic heterocycles. The molecule has 0 aliphatic rings. The van der Waals surface area contributed by atoms with Gasteiger partial charge >= 0.3 is 39.5 Å². The van der Waals surface area contributed by atoms with E-state index in [1.54, 1.807) is 0 Å². The van der Waals surface area contributed by atoms with E-state index in [9.17, 15) is 43.2 Å². The van der Waals surface area contributed by atoms with E-state index in [1.165, 1.54) is 161 Å². The number of carbonyl (C=O) groups excluding carboxylic acids is 4. The van der Waals surface area contributed by atoms with Crippen LogP contribution >= 0.6 is 15.6 Å². The van der Waals surface area contributed by atoms with E-state index >= 15 is 0 Å². The van der Waals surface area contributed by atoms with Gasteiger partial charge in [0.25, 0.3) is 0 Å². The molecule has 0 fully saturated rings. The first-order valence-electron chi connectivity index (χ1n) is 38.7. The highest BCUT2D eigenvalue weighted by atomic mass is 31.2. The Bertz CT molecular complexity index is 1950. The maximum atomic E-state index is 13.1. The van der Waals surface area contributed by atoms with Crippen LogP contribution in [0.2, 0.25) is 0 Å². The summed E-state index contributed by atoms with van der Waals surface area (Å²) in [5.74, 6) is 0.128. The lowest BCUT2D eigenvalue weighted by Crippen LogP contribution is -2.30. The van der Waals surface area contributed by atoms with Crippen LogP contribution in [0.15, 0.2) is 24.3 Å². The molecule has 0 saturated carbocycles. The summed E-state index contributed by atoms with van der Waals surface area (Å²) in [5, 5.41) is 10.6. The third kappa shape index (κ3) is 69.8. The fourth-order valence-electron chi connectivity index (χ4n) is 11.1. The number of hydrogen-bond acceptors (Lipinski definition) is 15. The largest absolute Gasteiger partial charge is 0.472 e. The molecule has 17 nitrogen and oxygen atoms in total. The minimum atomic E-state index is -4.97. The second kappa shape index (κ2) is 66.1. The van der Waals surface area contributed by atoms with Gasteiger partial charge in [0, 0.05) is 25.7 Å². The van der Waals surface area contributed by atoms with Crippen molar-refractivity contribution in [2.75, 3.05) is 39.6 Å². The van der Waals surface area contributed by atoms with E-state index in [1.807, 2.05) is 0 Å². The lowest BCUT2D eigenvalue weighted by atomic mass is 10.0. The maximum absolute atomic E-state index is 13.1. The third-order valence-corrected chi connectivity index (χ3v) is 18.9. The number of ether oxygens (including phenoxy) is 4. The fourth-order valence-corrected chi connectivity index (χ4v) is 12.6. The number of hydrogen-bond donors (Lipinski definition) is 3. The van der Waals surface area contributed by atoms with E-state index in [0.717, 1.165) is 120 Å². The summed E-state index contributed by atoms with van der Waals surface area (Å²) in [6, 6.07) is 0. The highest BCUT2D eigenvalue weighted by Crippen LogP contribution is 2.45. The second-order valence-electron chi connectivity index (χ2n) is 28.1. The quantitative estimate of drug-likeness (QED) is 0.0169. The minimum absolute atomic E-state index is 0.0846. The summed E-state index contributed by atoms with van der Waals surface area (Å²) in [4.78, 5) is 72.8. The predicted molar refractivity (Wildman–Crippen MR) is 386 cm³/mol. The van der Waals surface area contributed by atoms with Gasteiger partial charge in [-0.15, -0.1) is 0 Å². The van der Waals surface area contributed by atoms with Crippen molar-refractivity contribution < 1.29 is 80.2 Å². The van der Waals surface area contributed by atoms with Crippen LogP contribution in [0.4, 0.5) is 0 Å². The van der Waals surface area contributed by atoms with E-state index in [2.05, 4.69) is 72.8 Å². The Kier molecular flexibility index (Phi) is 64.4. The summed E-state index contributed by atoms with van der Waals surface area (Å²) in [7, 11) is -9.93. The van der Waals surface area contributed by atoms with Crippen molar-refractivity contribution in [1.82, 2.24) is 0 Å². The van der Waals surface area contributed by atoms with Crippen LogP contribution < -0.4 is 0 Å². The first-order valence-corrected chi connectivity index (χ1v) is 41.7. The van der Waals surface area contributed by atoms with Crippen molar-refractivity contribution in [2.24, 2.45) is 17.8 Å².